The molecule has 8 nitrogen and oxygen atoms in total. The Morgan fingerprint density at radius 2 is 1.97 bits per heavy atom. The molecule has 0 unspecified atom stereocenters. The summed E-state index contributed by atoms with van der Waals surface area (Å²) in [4.78, 5) is 27.3. The maximum absolute atomic E-state index is 12.3. The van der Waals surface area contributed by atoms with Gasteiger partial charge in [0.05, 0.1) is 17.7 Å². The molecule has 148 valence electrons. The Kier molecular flexibility index (Phi) is 6.15. The number of ether oxygens (including phenoxy) is 1. The van der Waals surface area contributed by atoms with Crippen molar-refractivity contribution in [3.63, 3.8) is 0 Å². The number of benzene rings is 2. The normalized spacial score (nSPS) is 10.3. The quantitative estimate of drug-likeness (QED) is 0.357. The van der Waals surface area contributed by atoms with Crippen LogP contribution < -0.4 is 15.4 Å². The molecule has 3 rings (SSSR count). The van der Waals surface area contributed by atoms with Gasteiger partial charge in [0.2, 0.25) is 0 Å². The number of amides is 1. The Morgan fingerprint density at radius 3 is 2.62 bits per heavy atom. The SMILES string of the molecule is COc1ccc(-c2csc(NC(=S)NC(=O)c3ccc(C)c([N+](=O)[O-])c3)n2)cc1. The zero-order chi connectivity index (χ0) is 21.0. The van der Waals surface area contributed by atoms with Crippen LogP contribution >= 0.6 is 23.6 Å². The molecule has 0 aliphatic carbocycles. The fourth-order valence-corrected chi connectivity index (χ4v) is 3.45. The molecule has 0 saturated carbocycles. The lowest BCUT2D eigenvalue weighted by atomic mass is 10.1. The third kappa shape index (κ3) is 4.92. The number of anilines is 1. The monoisotopic (exact) mass is 428 g/mol. The van der Waals surface area contributed by atoms with Crippen LogP contribution in [0.4, 0.5) is 10.8 Å². The lowest BCUT2D eigenvalue weighted by Crippen LogP contribution is -2.34. The van der Waals surface area contributed by atoms with Gasteiger partial charge < -0.3 is 10.1 Å². The molecule has 29 heavy (non-hydrogen) atoms. The first-order chi connectivity index (χ1) is 13.9. The fourth-order valence-electron chi connectivity index (χ4n) is 2.48. The Morgan fingerprint density at radius 1 is 1.24 bits per heavy atom. The first-order valence-corrected chi connectivity index (χ1v) is 9.63. The van der Waals surface area contributed by atoms with Crippen molar-refractivity contribution in [1.29, 1.82) is 0 Å². The first kappa shape index (κ1) is 20.4. The van der Waals surface area contributed by atoms with Crippen LogP contribution in [0.3, 0.4) is 0 Å². The van der Waals surface area contributed by atoms with Crippen LogP contribution in [-0.2, 0) is 0 Å². The van der Waals surface area contributed by atoms with Gasteiger partial charge >= 0.3 is 0 Å². The van der Waals surface area contributed by atoms with Crippen molar-refractivity contribution in [3.8, 4) is 17.0 Å². The number of aromatic nitrogens is 1. The number of nitrogens with zero attached hydrogens (tertiary/aromatic N) is 2. The molecule has 2 N–H and O–H groups in total. The van der Waals surface area contributed by atoms with Crippen molar-refractivity contribution in [2.45, 2.75) is 6.92 Å². The number of methoxy groups -OCH3 is 1. The van der Waals surface area contributed by atoms with Crippen molar-refractivity contribution in [1.82, 2.24) is 10.3 Å². The number of nitro groups is 1. The Labute approximate surface area is 175 Å². The van der Waals surface area contributed by atoms with Crippen LogP contribution in [0.25, 0.3) is 11.3 Å². The number of carbonyl (C=O) groups is 1. The maximum Gasteiger partial charge on any atom is 0.273 e. The van der Waals surface area contributed by atoms with E-state index in [4.69, 9.17) is 17.0 Å². The van der Waals surface area contributed by atoms with E-state index in [0.29, 0.717) is 10.7 Å². The minimum absolute atomic E-state index is 0.0499. The average Bonchev–Trinajstić information content (AvgIpc) is 3.16. The van der Waals surface area contributed by atoms with Crippen LogP contribution in [0.15, 0.2) is 47.8 Å². The molecule has 0 bridgehead atoms. The van der Waals surface area contributed by atoms with Gasteiger partial charge in [-0.3, -0.25) is 20.2 Å². The van der Waals surface area contributed by atoms with E-state index in [1.54, 1.807) is 14.0 Å². The van der Waals surface area contributed by atoms with Crippen LogP contribution in [-0.4, -0.2) is 28.0 Å². The predicted molar refractivity (Wildman–Crippen MR) is 116 cm³/mol. The van der Waals surface area contributed by atoms with Crippen LogP contribution in [0.2, 0.25) is 0 Å². The summed E-state index contributed by atoms with van der Waals surface area (Å²) < 4.78 is 5.14. The molecule has 0 aliphatic heterocycles. The summed E-state index contributed by atoms with van der Waals surface area (Å²) in [5, 5.41) is 18.8. The van der Waals surface area contributed by atoms with Crippen molar-refractivity contribution in [3.05, 3.63) is 69.1 Å². The number of hydrogen-bond donors (Lipinski definition) is 2. The third-order valence-electron chi connectivity index (χ3n) is 4.01. The molecule has 10 heteroatoms. The van der Waals surface area contributed by atoms with Gasteiger partial charge in [-0.25, -0.2) is 4.98 Å². The molecule has 0 aliphatic rings. The third-order valence-corrected chi connectivity index (χ3v) is 4.97. The molecule has 0 atom stereocenters. The van der Waals surface area contributed by atoms with Crippen molar-refractivity contribution in [2.24, 2.45) is 0 Å². The fraction of sp³-hybridized carbons (Fsp3) is 0.105. The van der Waals surface area contributed by atoms with E-state index < -0.39 is 10.8 Å². The summed E-state index contributed by atoms with van der Waals surface area (Å²) in [5.41, 5.74) is 2.16. The van der Waals surface area contributed by atoms with E-state index >= 15 is 0 Å². The molecular formula is C19H16N4O4S2. The van der Waals surface area contributed by atoms with Gasteiger partial charge in [0.25, 0.3) is 11.6 Å². The van der Waals surface area contributed by atoms with Gasteiger partial charge in [-0.15, -0.1) is 11.3 Å². The van der Waals surface area contributed by atoms with E-state index in [2.05, 4.69) is 15.6 Å². The number of nitro benzene ring substituents is 1. The number of thiocarbonyl (C=S) groups is 1. The topological polar surface area (TPSA) is 106 Å². The largest absolute Gasteiger partial charge is 0.497 e. The van der Waals surface area contributed by atoms with E-state index in [9.17, 15) is 14.9 Å². The Balaban J connectivity index is 1.65. The smallest absolute Gasteiger partial charge is 0.273 e. The molecule has 2 aromatic carbocycles. The summed E-state index contributed by atoms with van der Waals surface area (Å²) in [6.07, 6.45) is 0. The number of hydrogen-bond acceptors (Lipinski definition) is 7. The van der Waals surface area contributed by atoms with Gasteiger partial charge in [-0.1, -0.05) is 6.07 Å². The lowest BCUT2D eigenvalue weighted by Gasteiger charge is -2.07. The minimum Gasteiger partial charge on any atom is -0.497 e. The number of nitrogens with one attached hydrogen (secondary N) is 2. The van der Waals surface area contributed by atoms with E-state index in [-0.39, 0.29) is 16.4 Å². The zero-order valence-electron chi connectivity index (χ0n) is 15.5. The molecule has 1 heterocycles. The summed E-state index contributed by atoms with van der Waals surface area (Å²) in [5.74, 6) is 0.208. The Hall–Kier alpha value is -3.37. The number of carbonyl (C=O) groups excluding carboxylic acids is 1. The number of thiazole rings is 1. The highest BCUT2D eigenvalue weighted by Gasteiger charge is 2.16. The second-order valence-corrected chi connectivity index (χ2v) is 7.20. The van der Waals surface area contributed by atoms with Crippen molar-refractivity contribution in [2.75, 3.05) is 12.4 Å². The van der Waals surface area contributed by atoms with E-state index in [1.807, 2.05) is 29.6 Å². The molecule has 1 amide bonds. The second kappa shape index (κ2) is 8.76. The predicted octanol–water partition coefficient (Wildman–Crippen LogP) is 4.16. The molecule has 0 fully saturated rings. The molecular weight excluding hydrogens is 412 g/mol. The number of rotatable bonds is 5. The summed E-state index contributed by atoms with van der Waals surface area (Å²) in [6, 6.07) is 11.7. The highest BCUT2D eigenvalue weighted by molar-refractivity contribution is 7.80. The van der Waals surface area contributed by atoms with Gasteiger partial charge in [0.1, 0.15) is 5.75 Å². The highest BCUT2D eigenvalue weighted by Crippen LogP contribution is 2.26. The summed E-state index contributed by atoms with van der Waals surface area (Å²) in [7, 11) is 1.60. The van der Waals surface area contributed by atoms with Crippen LogP contribution in [0.1, 0.15) is 15.9 Å². The summed E-state index contributed by atoms with van der Waals surface area (Å²) in [6.45, 7) is 1.61. The minimum atomic E-state index is -0.544. The highest BCUT2D eigenvalue weighted by atomic mass is 32.1. The molecule has 1 aromatic heterocycles. The van der Waals surface area contributed by atoms with Gasteiger partial charge in [-0.05, 0) is 49.5 Å². The van der Waals surface area contributed by atoms with Crippen molar-refractivity contribution >= 4 is 45.4 Å². The summed E-state index contributed by atoms with van der Waals surface area (Å²) >= 11 is 6.49. The molecule has 3 aromatic rings. The van der Waals surface area contributed by atoms with Crippen LogP contribution in [0.5, 0.6) is 5.75 Å². The van der Waals surface area contributed by atoms with Gasteiger partial charge in [0, 0.05) is 28.1 Å². The van der Waals surface area contributed by atoms with E-state index in [0.717, 1.165) is 17.0 Å². The Bertz CT molecular complexity index is 1080. The second-order valence-electron chi connectivity index (χ2n) is 5.93. The standard InChI is InChI=1S/C19H16N4O4S2/c1-11-3-4-13(9-16(11)23(25)26)17(24)21-18(28)22-19-20-15(10-29-19)12-5-7-14(27-2)8-6-12/h3-10H,1-2H3,(H2,20,21,22,24,28). The molecule has 0 spiro atoms. The van der Waals surface area contributed by atoms with E-state index in [1.165, 1.54) is 29.5 Å². The maximum atomic E-state index is 12.3. The van der Waals surface area contributed by atoms with Crippen LogP contribution in [0, 0.1) is 17.0 Å². The van der Waals surface area contributed by atoms with Gasteiger partial charge in [-0.2, -0.15) is 0 Å². The lowest BCUT2D eigenvalue weighted by molar-refractivity contribution is -0.385. The van der Waals surface area contributed by atoms with Crippen molar-refractivity contribution < 1.29 is 14.5 Å². The first-order valence-electron chi connectivity index (χ1n) is 8.34. The number of aryl methyl sites for hydroxylation is 1. The zero-order valence-corrected chi connectivity index (χ0v) is 17.1. The van der Waals surface area contributed by atoms with Gasteiger partial charge in [0.15, 0.2) is 10.2 Å². The molecule has 0 radical (unpaired) electrons. The average molecular weight is 428 g/mol. The molecule has 0 saturated heterocycles.